The summed E-state index contributed by atoms with van der Waals surface area (Å²) in [6, 6.07) is 6.63. The number of carbonyl (C=O) groups is 1. The number of aryl methyl sites for hydroxylation is 2. The molecular formula is C19H15ClF3NO2. The molecule has 0 unspecified atom stereocenters. The van der Waals surface area contributed by atoms with Crippen molar-refractivity contribution in [2.75, 3.05) is 5.32 Å². The molecule has 26 heavy (non-hydrogen) atoms. The summed E-state index contributed by atoms with van der Waals surface area (Å²) in [4.78, 5) is 12.3. The third kappa shape index (κ3) is 3.42. The maximum Gasteiger partial charge on any atom is 0.418 e. The zero-order chi connectivity index (χ0) is 19.1. The molecule has 0 saturated heterocycles. The zero-order valence-electron chi connectivity index (χ0n) is 14.0. The Hall–Kier alpha value is -2.47. The van der Waals surface area contributed by atoms with Crippen molar-refractivity contribution < 1.29 is 22.4 Å². The van der Waals surface area contributed by atoms with Gasteiger partial charge in [0.15, 0.2) is 0 Å². The molecule has 1 amide bonds. The number of para-hydroxylation sites is 1. The van der Waals surface area contributed by atoms with Crippen molar-refractivity contribution >= 4 is 34.2 Å². The summed E-state index contributed by atoms with van der Waals surface area (Å²) in [5.74, 6) is -0.569. The Labute approximate surface area is 152 Å². The highest BCUT2D eigenvalue weighted by Crippen LogP contribution is 2.35. The van der Waals surface area contributed by atoms with Gasteiger partial charge in [0.2, 0.25) is 5.91 Å². The van der Waals surface area contributed by atoms with Gasteiger partial charge in [-0.1, -0.05) is 23.7 Å². The van der Waals surface area contributed by atoms with E-state index in [2.05, 4.69) is 5.32 Å². The Kier molecular flexibility index (Phi) is 4.71. The van der Waals surface area contributed by atoms with Crippen molar-refractivity contribution in [2.24, 2.45) is 0 Å². The first-order valence-corrected chi connectivity index (χ1v) is 8.18. The minimum atomic E-state index is -4.55. The Morgan fingerprint density at radius 1 is 1.23 bits per heavy atom. The molecule has 0 aliphatic heterocycles. The van der Waals surface area contributed by atoms with Crippen LogP contribution < -0.4 is 5.32 Å². The predicted octanol–water partition coefficient (Wildman–Crippen LogP) is 5.90. The van der Waals surface area contributed by atoms with Gasteiger partial charge in [0.05, 0.1) is 23.9 Å². The number of hydrogen-bond donors (Lipinski definition) is 1. The second-order valence-electron chi connectivity index (χ2n) is 6.03. The van der Waals surface area contributed by atoms with Gasteiger partial charge in [-0.3, -0.25) is 4.79 Å². The SMILES string of the molecule is Cc1cc2occ(CC(=O)Nc3ccccc3C(F)(F)F)c2c(C)c1Cl. The number of carbonyl (C=O) groups excluding carboxylic acids is 1. The maximum absolute atomic E-state index is 13.0. The van der Waals surface area contributed by atoms with Gasteiger partial charge in [-0.2, -0.15) is 13.2 Å². The second kappa shape index (κ2) is 6.68. The van der Waals surface area contributed by atoms with Gasteiger partial charge in [0.25, 0.3) is 0 Å². The van der Waals surface area contributed by atoms with E-state index >= 15 is 0 Å². The first-order valence-electron chi connectivity index (χ1n) is 7.80. The Morgan fingerprint density at radius 2 is 1.92 bits per heavy atom. The van der Waals surface area contributed by atoms with Crippen molar-refractivity contribution in [1.29, 1.82) is 0 Å². The highest BCUT2D eigenvalue weighted by atomic mass is 35.5. The second-order valence-corrected chi connectivity index (χ2v) is 6.41. The van der Waals surface area contributed by atoms with Gasteiger partial charge in [-0.15, -0.1) is 0 Å². The van der Waals surface area contributed by atoms with E-state index in [1.54, 1.807) is 6.07 Å². The Balaban J connectivity index is 1.89. The summed E-state index contributed by atoms with van der Waals surface area (Å²) < 4.78 is 44.6. The summed E-state index contributed by atoms with van der Waals surface area (Å²) in [6.07, 6.45) is -3.24. The molecular weight excluding hydrogens is 367 g/mol. The predicted molar refractivity (Wildman–Crippen MR) is 94.5 cm³/mol. The lowest BCUT2D eigenvalue weighted by molar-refractivity contribution is -0.137. The number of nitrogens with one attached hydrogen (secondary N) is 1. The van der Waals surface area contributed by atoms with Crippen LogP contribution in [0.3, 0.4) is 0 Å². The van der Waals surface area contributed by atoms with Crippen LogP contribution in [-0.2, 0) is 17.4 Å². The molecule has 7 heteroatoms. The molecule has 0 atom stereocenters. The summed E-state index contributed by atoms with van der Waals surface area (Å²) in [6.45, 7) is 3.66. The summed E-state index contributed by atoms with van der Waals surface area (Å²) in [7, 11) is 0. The average Bonchev–Trinajstić information content (AvgIpc) is 2.94. The molecule has 1 aromatic heterocycles. The van der Waals surface area contributed by atoms with E-state index in [1.807, 2.05) is 13.8 Å². The number of benzene rings is 2. The van der Waals surface area contributed by atoms with Crippen LogP contribution in [0.1, 0.15) is 22.3 Å². The molecule has 1 heterocycles. The van der Waals surface area contributed by atoms with E-state index in [1.165, 1.54) is 24.5 Å². The molecule has 136 valence electrons. The fourth-order valence-electron chi connectivity index (χ4n) is 2.94. The number of anilines is 1. The third-order valence-electron chi connectivity index (χ3n) is 4.15. The smallest absolute Gasteiger partial charge is 0.418 e. The number of fused-ring (bicyclic) bond motifs is 1. The van der Waals surface area contributed by atoms with E-state index in [4.69, 9.17) is 16.0 Å². The van der Waals surface area contributed by atoms with Gasteiger partial charge in [0.1, 0.15) is 5.58 Å². The number of halogens is 4. The van der Waals surface area contributed by atoms with Crippen LogP contribution in [0.2, 0.25) is 5.02 Å². The molecule has 1 N–H and O–H groups in total. The van der Waals surface area contributed by atoms with Crippen molar-refractivity contribution in [3.63, 3.8) is 0 Å². The fraction of sp³-hybridized carbons (Fsp3) is 0.211. The normalized spacial score (nSPS) is 11.8. The van der Waals surface area contributed by atoms with Crippen LogP contribution >= 0.6 is 11.6 Å². The summed E-state index contributed by atoms with van der Waals surface area (Å²) in [5, 5.41) is 3.61. The summed E-state index contributed by atoms with van der Waals surface area (Å²) >= 11 is 6.26. The quantitative estimate of drug-likeness (QED) is 0.613. The Morgan fingerprint density at radius 3 is 2.62 bits per heavy atom. The third-order valence-corrected chi connectivity index (χ3v) is 4.73. The fourth-order valence-corrected chi connectivity index (χ4v) is 3.09. The number of furan rings is 1. The minimum Gasteiger partial charge on any atom is -0.464 e. The van der Waals surface area contributed by atoms with E-state index < -0.39 is 17.6 Å². The van der Waals surface area contributed by atoms with Gasteiger partial charge in [-0.25, -0.2) is 0 Å². The maximum atomic E-state index is 13.0. The molecule has 2 aromatic carbocycles. The lowest BCUT2D eigenvalue weighted by Gasteiger charge is -2.13. The number of rotatable bonds is 3. The van der Waals surface area contributed by atoms with Crippen LogP contribution in [0.4, 0.5) is 18.9 Å². The van der Waals surface area contributed by atoms with Crippen LogP contribution in [0, 0.1) is 13.8 Å². The van der Waals surface area contributed by atoms with Crippen LogP contribution in [0.25, 0.3) is 11.0 Å². The largest absolute Gasteiger partial charge is 0.464 e. The van der Waals surface area contributed by atoms with Crippen LogP contribution in [0.5, 0.6) is 0 Å². The van der Waals surface area contributed by atoms with E-state index in [0.717, 1.165) is 17.2 Å². The van der Waals surface area contributed by atoms with Crippen molar-refractivity contribution in [1.82, 2.24) is 0 Å². The first kappa shape index (κ1) is 18.3. The monoisotopic (exact) mass is 381 g/mol. The molecule has 0 radical (unpaired) electrons. The molecule has 3 aromatic rings. The molecule has 0 aliphatic rings. The highest BCUT2D eigenvalue weighted by molar-refractivity contribution is 6.33. The molecule has 3 rings (SSSR count). The molecule has 0 bridgehead atoms. The number of alkyl halides is 3. The van der Waals surface area contributed by atoms with Gasteiger partial charge in [-0.05, 0) is 43.2 Å². The molecule has 0 spiro atoms. The first-order chi connectivity index (χ1) is 12.2. The van der Waals surface area contributed by atoms with Crippen molar-refractivity contribution in [2.45, 2.75) is 26.4 Å². The number of amides is 1. The van der Waals surface area contributed by atoms with Gasteiger partial charge >= 0.3 is 6.18 Å². The zero-order valence-corrected chi connectivity index (χ0v) is 14.8. The molecule has 0 fully saturated rings. The van der Waals surface area contributed by atoms with E-state index in [0.29, 0.717) is 21.6 Å². The molecule has 3 nitrogen and oxygen atoms in total. The average molecular weight is 382 g/mol. The summed E-state index contributed by atoms with van der Waals surface area (Å²) in [5.41, 5.74) is 1.61. The molecule has 0 aliphatic carbocycles. The highest BCUT2D eigenvalue weighted by Gasteiger charge is 2.33. The van der Waals surface area contributed by atoms with Crippen LogP contribution in [-0.4, -0.2) is 5.91 Å². The molecule has 0 saturated carbocycles. The lowest BCUT2D eigenvalue weighted by atomic mass is 10.0. The lowest BCUT2D eigenvalue weighted by Crippen LogP contribution is -2.18. The topological polar surface area (TPSA) is 42.2 Å². The van der Waals surface area contributed by atoms with Crippen molar-refractivity contribution in [3.8, 4) is 0 Å². The van der Waals surface area contributed by atoms with E-state index in [-0.39, 0.29) is 12.1 Å². The van der Waals surface area contributed by atoms with Gasteiger partial charge < -0.3 is 9.73 Å². The van der Waals surface area contributed by atoms with Crippen LogP contribution in [0.15, 0.2) is 41.0 Å². The van der Waals surface area contributed by atoms with E-state index in [9.17, 15) is 18.0 Å². The minimum absolute atomic E-state index is 0.126. The van der Waals surface area contributed by atoms with Crippen molar-refractivity contribution in [3.05, 3.63) is 63.9 Å². The number of hydrogen-bond acceptors (Lipinski definition) is 2. The Bertz CT molecular complexity index is 992. The van der Waals surface area contributed by atoms with Gasteiger partial charge in [0, 0.05) is 16.0 Å². The standard InChI is InChI=1S/C19H15ClF3NO2/c1-10-7-15-17(11(2)18(10)20)12(9-26-15)8-16(25)24-14-6-4-3-5-13(14)19(21,22)23/h3-7,9H,8H2,1-2H3,(H,24,25).